The Bertz CT molecular complexity index is 592. The minimum absolute atomic E-state index is 0.147. The third-order valence-corrected chi connectivity index (χ3v) is 3.79. The van der Waals surface area contributed by atoms with Gasteiger partial charge >= 0.3 is 5.97 Å². The normalized spacial score (nSPS) is 11.0. The van der Waals surface area contributed by atoms with Crippen molar-refractivity contribution >= 4 is 21.9 Å². The number of furan rings is 1. The Morgan fingerprint density at radius 2 is 1.95 bits per heavy atom. The van der Waals surface area contributed by atoms with Crippen LogP contribution < -0.4 is 0 Å². The summed E-state index contributed by atoms with van der Waals surface area (Å²) in [6.07, 6.45) is 0.147. The van der Waals surface area contributed by atoms with Gasteiger partial charge in [0.2, 0.25) is 0 Å². The van der Waals surface area contributed by atoms with Gasteiger partial charge in [0.1, 0.15) is 11.5 Å². The standard InChI is InChI=1S/C16H18BrNO3/c1-2-18(10-9-16(19)20)11-14-7-8-15(21-14)12-3-5-13(17)6-4-12/h3-8H,2,9-11H2,1H3,(H,19,20). The van der Waals surface area contributed by atoms with Gasteiger partial charge in [0.05, 0.1) is 13.0 Å². The maximum atomic E-state index is 10.6. The molecule has 0 saturated carbocycles. The van der Waals surface area contributed by atoms with Crippen molar-refractivity contribution in [3.8, 4) is 11.3 Å². The Labute approximate surface area is 132 Å². The second kappa shape index (κ2) is 7.43. The quantitative estimate of drug-likeness (QED) is 0.818. The summed E-state index contributed by atoms with van der Waals surface area (Å²) in [5.74, 6) is 0.899. The summed E-state index contributed by atoms with van der Waals surface area (Å²) in [6.45, 7) is 3.96. The molecule has 0 saturated heterocycles. The van der Waals surface area contributed by atoms with Gasteiger partial charge in [0, 0.05) is 16.6 Å². The largest absolute Gasteiger partial charge is 0.481 e. The maximum absolute atomic E-state index is 10.6. The second-order valence-electron chi connectivity index (χ2n) is 4.79. The van der Waals surface area contributed by atoms with Crippen LogP contribution in [-0.4, -0.2) is 29.1 Å². The summed E-state index contributed by atoms with van der Waals surface area (Å²) in [5, 5.41) is 8.75. The zero-order valence-corrected chi connectivity index (χ0v) is 13.5. The van der Waals surface area contributed by atoms with Crippen molar-refractivity contribution in [2.24, 2.45) is 0 Å². The number of rotatable bonds is 7. The lowest BCUT2D eigenvalue weighted by Gasteiger charge is -2.17. The molecular weight excluding hydrogens is 334 g/mol. The third-order valence-electron chi connectivity index (χ3n) is 3.26. The molecule has 4 nitrogen and oxygen atoms in total. The lowest BCUT2D eigenvalue weighted by molar-refractivity contribution is -0.137. The molecule has 0 radical (unpaired) electrons. The number of carbonyl (C=O) groups is 1. The average Bonchev–Trinajstić information content (AvgIpc) is 2.92. The molecule has 0 fully saturated rings. The van der Waals surface area contributed by atoms with E-state index in [2.05, 4.69) is 20.8 Å². The number of aliphatic carboxylic acids is 1. The van der Waals surface area contributed by atoms with Gasteiger partial charge in [-0.05, 0) is 30.8 Å². The Kier molecular flexibility index (Phi) is 5.59. The highest BCUT2D eigenvalue weighted by molar-refractivity contribution is 9.10. The van der Waals surface area contributed by atoms with E-state index in [1.807, 2.05) is 43.3 Å². The van der Waals surface area contributed by atoms with Crippen molar-refractivity contribution in [1.82, 2.24) is 4.90 Å². The molecule has 0 aliphatic carbocycles. The summed E-state index contributed by atoms with van der Waals surface area (Å²) < 4.78 is 6.88. The molecule has 0 bridgehead atoms. The van der Waals surface area contributed by atoms with Crippen molar-refractivity contribution in [2.75, 3.05) is 13.1 Å². The van der Waals surface area contributed by atoms with Gasteiger partial charge in [-0.15, -0.1) is 0 Å². The molecule has 5 heteroatoms. The lowest BCUT2D eigenvalue weighted by atomic mass is 10.2. The highest BCUT2D eigenvalue weighted by Crippen LogP contribution is 2.24. The van der Waals surface area contributed by atoms with E-state index >= 15 is 0 Å². The fourth-order valence-corrected chi connectivity index (χ4v) is 2.32. The van der Waals surface area contributed by atoms with E-state index in [1.54, 1.807) is 0 Å². The summed E-state index contributed by atoms with van der Waals surface area (Å²) in [6, 6.07) is 11.8. The predicted molar refractivity (Wildman–Crippen MR) is 85.0 cm³/mol. The first-order valence-corrected chi connectivity index (χ1v) is 7.66. The van der Waals surface area contributed by atoms with E-state index in [0.29, 0.717) is 13.1 Å². The van der Waals surface area contributed by atoms with Crippen molar-refractivity contribution in [2.45, 2.75) is 19.9 Å². The minimum Gasteiger partial charge on any atom is -0.481 e. The Hall–Kier alpha value is -1.59. The van der Waals surface area contributed by atoms with E-state index in [9.17, 15) is 4.79 Å². The number of hydrogen-bond donors (Lipinski definition) is 1. The fraction of sp³-hybridized carbons (Fsp3) is 0.312. The Balaban J connectivity index is 2.01. The number of benzene rings is 1. The second-order valence-corrected chi connectivity index (χ2v) is 5.70. The Morgan fingerprint density at radius 3 is 2.57 bits per heavy atom. The van der Waals surface area contributed by atoms with E-state index in [4.69, 9.17) is 9.52 Å². The van der Waals surface area contributed by atoms with Crippen LogP contribution in [0.4, 0.5) is 0 Å². The zero-order valence-electron chi connectivity index (χ0n) is 11.9. The van der Waals surface area contributed by atoms with Gasteiger partial charge < -0.3 is 9.52 Å². The maximum Gasteiger partial charge on any atom is 0.304 e. The summed E-state index contributed by atoms with van der Waals surface area (Å²) in [5.41, 5.74) is 1.03. The van der Waals surface area contributed by atoms with Crippen LogP contribution in [0.25, 0.3) is 11.3 Å². The predicted octanol–water partition coefficient (Wildman–Crippen LogP) is 4.01. The van der Waals surface area contributed by atoms with Crippen LogP contribution in [0.3, 0.4) is 0 Å². The van der Waals surface area contributed by atoms with E-state index in [1.165, 1.54) is 0 Å². The van der Waals surface area contributed by atoms with E-state index in [0.717, 1.165) is 28.1 Å². The van der Waals surface area contributed by atoms with Crippen LogP contribution in [0.5, 0.6) is 0 Å². The first kappa shape index (κ1) is 15.8. The summed E-state index contributed by atoms with van der Waals surface area (Å²) >= 11 is 3.41. The molecule has 0 unspecified atom stereocenters. The highest BCUT2D eigenvalue weighted by atomic mass is 79.9. The van der Waals surface area contributed by atoms with Crippen LogP contribution in [0.15, 0.2) is 45.3 Å². The molecule has 0 atom stereocenters. The molecule has 1 aromatic carbocycles. The monoisotopic (exact) mass is 351 g/mol. The fourth-order valence-electron chi connectivity index (χ4n) is 2.06. The summed E-state index contributed by atoms with van der Waals surface area (Å²) in [7, 11) is 0. The third kappa shape index (κ3) is 4.72. The van der Waals surface area contributed by atoms with Crippen molar-refractivity contribution < 1.29 is 14.3 Å². The zero-order chi connectivity index (χ0) is 15.2. The molecule has 0 aliphatic heterocycles. The molecule has 0 aliphatic rings. The van der Waals surface area contributed by atoms with Crippen LogP contribution >= 0.6 is 15.9 Å². The first-order chi connectivity index (χ1) is 10.1. The summed E-state index contributed by atoms with van der Waals surface area (Å²) in [4.78, 5) is 12.7. The topological polar surface area (TPSA) is 53.7 Å². The number of carboxylic acid groups (broad SMARTS) is 1. The number of nitrogens with zero attached hydrogens (tertiary/aromatic N) is 1. The molecule has 0 spiro atoms. The van der Waals surface area contributed by atoms with Crippen molar-refractivity contribution in [3.63, 3.8) is 0 Å². The van der Waals surface area contributed by atoms with Gasteiger partial charge in [-0.2, -0.15) is 0 Å². The molecule has 1 N–H and O–H groups in total. The van der Waals surface area contributed by atoms with E-state index < -0.39 is 5.97 Å². The molecule has 2 rings (SSSR count). The molecule has 0 amide bonds. The molecule has 1 heterocycles. The highest BCUT2D eigenvalue weighted by Gasteiger charge is 2.10. The SMILES string of the molecule is CCN(CCC(=O)O)Cc1ccc(-c2ccc(Br)cc2)o1. The Morgan fingerprint density at radius 1 is 1.24 bits per heavy atom. The van der Waals surface area contributed by atoms with E-state index in [-0.39, 0.29) is 6.42 Å². The molecular formula is C16H18BrNO3. The van der Waals surface area contributed by atoms with Crippen LogP contribution in [0, 0.1) is 0 Å². The number of hydrogen-bond acceptors (Lipinski definition) is 3. The smallest absolute Gasteiger partial charge is 0.304 e. The number of carboxylic acids is 1. The first-order valence-electron chi connectivity index (χ1n) is 6.87. The molecule has 21 heavy (non-hydrogen) atoms. The van der Waals surface area contributed by atoms with Crippen LogP contribution in [0.2, 0.25) is 0 Å². The average molecular weight is 352 g/mol. The minimum atomic E-state index is -0.775. The lowest BCUT2D eigenvalue weighted by Crippen LogP contribution is -2.25. The van der Waals surface area contributed by atoms with Crippen molar-refractivity contribution in [3.05, 3.63) is 46.6 Å². The molecule has 2 aromatic rings. The van der Waals surface area contributed by atoms with Crippen LogP contribution in [-0.2, 0) is 11.3 Å². The van der Waals surface area contributed by atoms with Gasteiger partial charge in [-0.1, -0.05) is 35.0 Å². The molecule has 1 aromatic heterocycles. The van der Waals surface area contributed by atoms with Gasteiger partial charge in [-0.25, -0.2) is 0 Å². The molecule has 112 valence electrons. The number of halogens is 1. The van der Waals surface area contributed by atoms with Gasteiger partial charge in [-0.3, -0.25) is 9.69 Å². The van der Waals surface area contributed by atoms with Gasteiger partial charge in [0.15, 0.2) is 0 Å². The van der Waals surface area contributed by atoms with Gasteiger partial charge in [0.25, 0.3) is 0 Å². The van der Waals surface area contributed by atoms with Crippen LogP contribution in [0.1, 0.15) is 19.1 Å². The van der Waals surface area contributed by atoms with Crippen molar-refractivity contribution in [1.29, 1.82) is 0 Å².